The van der Waals surface area contributed by atoms with Crippen LogP contribution in [-0.4, -0.2) is 40.2 Å². The largest absolute Gasteiger partial charge is 0.503 e. The Labute approximate surface area is 253 Å². The van der Waals surface area contributed by atoms with Crippen LogP contribution < -0.4 is 14.4 Å². The Hall–Kier alpha value is -3.64. The minimum atomic E-state index is -0.973. The van der Waals surface area contributed by atoms with E-state index < -0.39 is 23.5 Å². The number of carbonyl (C=O) groups excluding carboxylic acids is 2. The van der Waals surface area contributed by atoms with Crippen molar-refractivity contribution in [3.8, 4) is 11.5 Å². The summed E-state index contributed by atoms with van der Waals surface area (Å²) in [7, 11) is 0. The van der Waals surface area contributed by atoms with Gasteiger partial charge in [-0.05, 0) is 47.7 Å². The maximum Gasteiger partial charge on any atom is 0.296 e. The van der Waals surface area contributed by atoms with Crippen LogP contribution in [0.25, 0.3) is 0 Å². The monoisotopic (exact) mass is 625 g/mol. The van der Waals surface area contributed by atoms with E-state index in [1.807, 2.05) is 31.2 Å². The Morgan fingerprint density at radius 1 is 1.17 bits per heavy atom. The number of nitrogens with zero attached hydrogens (tertiary/aromatic N) is 3. The standard InChI is InChI=1S/C29H24ClN3O5S3/c1-3-13-38-20-12-11-17(15-21(20)37-4-2)24-23(25(34)22-10-7-14-39-22)26(35)27(36)33(24)28-31-32-29(41-28)40-16-18-8-5-6-9-19(18)30/h3,5-12,14-15,24,35H,1,4,13,16H2,2H3. The Kier molecular flexibility index (Phi) is 9.09. The van der Waals surface area contributed by atoms with Gasteiger partial charge in [0, 0.05) is 10.8 Å². The average molecular weight is 626 g/mol. The van der Waals surface area contributed by atoms with Crippen LogP contribution in [0.1, 0.15) is 33.8 Å². The first kappa shape index (κ1) is 28.9. The number of hydrogen-bond acceptors (Lipinski definition) is 10. The van der Waals surface area contributed by atoms with E-state index in [9.17, 15) is 14.7 Å². The molecule has 0 aliphatic carbocycles. The van der Waals surface area contributed by atoms with Crippen molar-refractivity contribution in [3.05, 3.63) is 105 Å². The van der Waals surface area contributed by atoms with Gasteiger partial charge in [-0.1, -0.05) is 77.7 Å². The highest BCUT2D eigenvalue weighted by Gasteiger charge is 2.46. The fraction of sp³-hybridized carbons (Fsp3) is 0.172. The van der Waals surface area contributed by atoms with Gasteiger partial charge in [0.1, 0.15) is 6.61 Å². The van der Waals surface area contributed by atoms with Crippen molar-refractivity contribution in [2.24, 2.45) is 0 Å². The Morgan fingerprint density at radius 2 is 2.00 bits per heavy atom. The van der Waals surface area contributed by atoms with Crippen LogP contribution in [-0.2, 0) is 10.5 Å². The van der Waals surface area contributed by atoms with Crippen LogP contribution >= 0.6 is 46.0 Å². The number of aliphatic hydroxyl groups is 1. The third-order valence-corrected chi connectivity index (χ3v) is 9.39. The van der Waals surface area contributed by atoms with Crippen molar-refractivity contribution < 1.29 is 24.2 Å². The summed E-state index contributed by atoms with van der Waals surface area (Å²) in [6.45, 7) is 6.17. The van der Waals surface area contributed by atoms with E-state index in [0.717, 1.165) is 5.56 Å². The third kappa shape index (κ3) is 6.03. The molecule has 0 spiro atoms. The molecule has 12 heteroatoms. The quantitative estimate of drug-likeness (QED) is 0.0758. The van der Waals surface area contributed by atoms with E-state index >= 15 is 0 Å². The molecule has 0 fully saturated rings. The highest BCUT2D eigenvalue weighted by atomic mass is 35.5. The molecule has 0 bridgehead atoms. The van der Waals surface area contributed by atoms with Crippen molar-refractivity contribution in [2.45, 2.75) is 23.1 Å². The summed E-state index contributed by atoms with van der Waals surface area (Å²) in [6, 6.07) is 15.1. The molecule has 3 heterocycles. The Morgan fingerprint density at radius 3 is 2.73 bits per heavy atom. The first-order valence-corrected chi connectivity index (χ1v) is 15.5. The second-order valence-corrected chi connectivity index (χ2v) is 12.1. The van der Waals surface area contributed by atoms with E-state index in [1.54, 1.807) is 41.8 Å². The zero-order valence-electron chi connectivity index (χ0n) is 21.8. The van der Waals surface area contributed by atoms with Gasteiger partial charge in [0.2, 0.25) is 10.9 Å². The zero-order valence-corrected chi connectivity index (χ0v) is 25.0. The molecule has 0 saturated carbocycles. The summed E-state index contributed by atoms with van der Waals surface area (Å²) in [5, 5.41) is 22.3. The lowest BCUT2D eigenvalue weighted by atomic mass is 9.95. The topological polar surface area (TPSA) is 102 Å². The summed E-state index contributed by atoms with van der Waals surface area (Å²) < 4.78 is 12.2. The van der Waals surface area contributed by atoms with E-state index in [0.29, 0.717) is 43.7 Å². The van der Waals surface area contributed by atoms with Gasteiger partial charge >= 0.3 is 0 Å². The van der Waals surface area contributed by atoms with Crippen molar-refractivity contribution in [3.63, 3.8) is 0 Å². The lowest BCUT2D eigenvalue weighted by Gasteiger charge is -2.25. The van der Waals surface area contributed by atoms with Gasteiger partial charge in [0.25, 0.3) is 5.91 Å². The Bertz CT molecular complexity index is 1620. The fourth-order valence-electron chi connectivity index (χ4n) is 4.23. The lowest BCUT2D eigenvalue weighted by molar-refractivity contribution is -0.117. The van der Waals surface area contributed by atoms with Crippen molar-refractivity contribution in [2.75, 3.05) is 18.1 Å². The number of thioether (sulfide) groups is 1. The number of aromatic nitrogens is 2. The molecule has 4 aromatic rings. The molecular weight excluding hydrogens is 602 g/mol. The highest BCUT2D eigenvalue weighted by Crippen LogP contribution is 2.46. The van der Waals surface area contributed by atoms with Gasteiger partial charge in [0.15, 0.2) is 21.6 Å². The molecule has 1 N–H and O–H groups in total. The van der Waals surface area contributed by atoms with Gasteiger partial charge in [0.05, 0.1) is 23.1 Å². The number of ketones is 1. The number of hydrogen-bond donors (Lipinski definition) is 1. The molecule has 8 nitrogen and oxygen atoms in total. The molecule has 1 atom stereocenters. The van der Waals surface area contributed by atoms with E-state index in [-0.39, 0.29) is 17.3 Å². The fourth-order valence-corrected chi connectivity index (χ4v) is 7.07. The number of thiophene rings is 1. The van der Waals surface area contributed by atoms with Crippen LogP contribution in [0.3, 0.4) is 0 Å². The normalized spacial score (nSPS) is 14.9. The molecular formula is C29H24ClN3O5S3. The number of aliphatic hydroxyl groups excluding tert-OH is 1. The number of rotatable bonds is 12. The van der Waals surface area contributed by atoms with Crippen LogP contribution in [0, 0.1) is 0 Å². The van der Waals surface area contributed by atoms with Gasteiger partial charge in [-0.2, -0.15) is 0 Å². The summed E-state index contributed by atoms with van der Waals surface area (Å²) in [5.74, 6) is -0.332. The molecule has 1 amide bonds. The predicted octanol–water partition coefficient (Wildman–Crippen LogP) is 7.29. The van der Waals surface area contributed by atoms with Crippen LogP contribution in [0.2, 0.25) is 5.02 Å². The molecule has 1 unspecified atom stereocenters. The van der Waals surface area contributed by atoms with E-state index in [1.165, 1.54) is 39.3 Å². The number of anilines is 1. The smallest absolute Gasteiger partial charge is 0.296 e. The first-order chi connectivity index (χ1) is 19.9. The van der Waals surface area contributed by atoms with E-state index in [4.69, 9.17) is 21.1 Å². The minimum absolute atomic E-state index is 0.0415. The number of benzene rings is 2. The number of Topliss-reactive ketones (excluding diaryl/α,β-unsaturated/α-hetero) is 1. The summed E-state index contributed by atoms with van der Waals surface area (Å²) >= 11 is 10.1. The number of ether oxygens (including phenoxy) is 2. The first-order valence-electron chi connectivity index (χ1n) is 12.5. The second kappa shape index (κ2) is 12.9. The van der Waals surface area contributed by atoms with Gasteiger partial charge in [-0.3, -0.25) is 14.5 Å². The summed E-state index contributed by atoms with van der Waals surface area (Å²) in [5.41, 5.74) is 1.44. The third-order valence-electron chi connectivity index (χ3n) is 6.05. The zero-order chi connectivity index (χ0) is 28.9. The lowest BCUT2D eigenvalue weighted by Crippen LogP contribution is -2.31. The minimum Gasteiger partial charge on any atom is -0.503 e. The molecule has 0 radical (unpaired) electrons. The number of amides is 1. The van der Waals surface area contributed by atoms with Gasteiger partial charge in [-0.15, -0.1) is 21.5 Å². The van der Waals surface area contributed by atoms with Gasteiger partial charge in [-0.25, -0.2) is 0 Å². The second-order valence-electron chi connectivity index (χ2n) is 8.62. The SMILES string of the molecule is C=CCOc1ccc(C2C(C(=O)c3cccs3)=C(O)C(=O)N2c2nnc(SCc3ccccc3Cl)s2)cc1OCC. The molecule has 41 heavy (non-hydrogen) atoms. The number of halogens is 1. The van der Waals surface area contributed by atoms with Crippen molar-refractivity contribution >= 4 is 62.9 Å². The molecule has 0 saturated heterocycles. The maximum absolute atomic E-state index is 13.6. The summed E-state index contributed by atoms with van der Waals surface area (Å²) in [6.07, 6.45) is 1.62. The Balaban J connectivity index is 1.53. The van der Waals surface area contributed by atoms with E-state index in [2.05, 4.69) is 16.8 Å². The molecule has 210 valence electrons. The molecule has 1 aliphatic heterocycles. The van der Waals surface area contributed by atoms with Crippen molar-refractivity contribution in [1.82, 2.24) is 10.2 Å². The molecule has 2 aromatic heterocycles. The van der Waals surface area contributed by atoms with Crippen LogP contribution in [0.4, 0.5) is 5.13 Å². The van der Waals surface area contributed by atoms with Crippen LogP contribution in [0.5, 0.6) is 11.5 Å². The molecule has 5 rings (SSSR count). The van der Waals surface area contributed by atoms with Gasteiger partial charge < -0.3 is 14.6 Å². The van der Waals surface area contributed by atoms with Crippen LogP contribution in [0.15, 0.2) is 88.3 Å². The molecule has 1 aliphatic rings. The molecule has 2 aromatic carbocycles. The maximum atomic E-state index is 13.6. The average Bonchev–Trinajstić information content (AvgIpc) is 3.73. The summed E-state index contributed by atoms with van der Waals surface area (Å²) in [4.78, 5) is 28.9. The number of carbonyl (C=O) groups is 2. The van der Waals surface area contributed by atoms with Crippen molar-refractivity contribution in [1.29, 1.82) is 0 Å². The highest BCUT2D eigenvalue weighted by molar-refractivity contribution is 8.00. The predicted molar refractivity (Wildman–Crippen MR) is 163 cm³/mol.